The lowest BCUT2D eigenvalue weighted by atomic mass is 10.0. The Morgan fingerprint density at radius 1 is 1.09 bits per heavy atom. The van der Waals surface area contributed by atoms with Crippen LogP contribution in [0.3, 0.4) is 0 Å². The predicted molar refractivity (Wildman–Crippen MR) is 128 cm³/mol. The van der Waals surface area contributed by atoms with Crippen LogP contribution in [0, 0.1) is 0 Å². The number of aromatic amines is 1. The highest BCUT2D eigenvalue weighted by atomic mass is 35.5. The fourth-order valence-corrected chi connectivity index (χ4v) is 4.02. The van der Waals surface area contributed by atoms with Crippen molar-refractivity contribution >= 4 is 28.4 Å². The molecular weight excluding hydrogens is 424 g/mol. The normalized spacial score (nSPS) is 12.0. The first-order valence-corrected chi connectivity index (χ1v) is 11.0. The number of halogens is 1. The molecule has 1 amide bonds. The number of carbonyl (C=O) groups is 1. The van der Waals surface area contributed by atoms with E-state index in [2.05, 4.69) is 10.3 Å². The molecule has 164 valence electrons. The van der Waals surface area contributed by atoms with Gasteiger partial charge < -0.3 is 20.1 Å². The third-order valence-corrected chi connectivity index (χ3v) is 5.61. The maximum absolute atomic E-state index is 13.2. The SMILES string of the molecule is CCOc1ccc(-c2cccc(Cl)c2)cc1C(=O)NC(CO)Cc1c[nH]c2ccccc12. The van der Waals surface area contributed by atoms with Crippen LogP contribution in [0.15, 0.2) is 72.9 Å². The van der Waals surface area contributed by atoms with Crippen LogP contribution in [0.25, 0.3) is 22.0 Å². The highest BCUT2D eigenvalue weighted by molar-refractivity contribution is 6.30. The summed E-state index contributed by atoms with van der Waals surface area (Å²) in [4.78, 5) is 16.4. The maximum Gasteiger partial charge on any atom is 0.255 e. The zero-order chi connectivity index (χ0) is 22.5. The van der Waals surface area contributed by atoms with Crippen LogP contribution in [0.1, 0.15) is 22.8 Å². The number of H-pyrrole nitrogens is 1. The van der Waals surface area contributed by atoms with Crippen molar-refractivity contribution in [2.75, 3.05) is 13.2 Å². The minimum atomic E-state index is -0.439. The highest BCUT2D eigenvalue weighted by Crippen LogP contribution is 2.29. The summed E-state index contributed by atoms with van der Waals surface area (Å²) in [6.45, 7) is 2.14. The van der Waals surface area contributed by atoms with Crippen molar-refractivity contribution in [3.63, 3.8) is 0 Å². The van der Waals surface area contributed by atoms with Gasteiger partial charge in [0.1, 0.15) is 5.75 Å². The summed E-state index contributed by atoms with van der Waals surface area (Å²) in [7, 11) is 0. The van der Waals surface area contributed by atoms with Gasteiger partial charge in [-0.3, -0.25) is 4.79 Å². The first kappa shape index (κ1) is 21.9. The Labute approximate surface area is 192 Å². The molecule has 0 fully saturated rings. The number of fused-ring (bicyclic) bond motifs is 1. The molecule has 0 aliphatic rings. The lowest BCUT2D eigenvalue weighted by molar-refractivity contribution is 0.0913. The van der Waals surface area contributed by atoms with Gasteiger partial charge in [0.05, 0.1) is 24.8 Å². The van der Waals surface area contributed by atoms with E-state index in [9.17, 15) is 9.90 Å². The Kier molecular flexibility index (Phi) is 6.78. The highest BCUT2D eigenvalue weighted by Gasteiger charge is 2.19. The number of para-hydroxylation sites is 1. The molecule has 0 radical (unpaired) electrons. The van der Waals surface area contributed by atoms with Gasteiger partial charge in [0.2, 0.25) is 0 Å². The average molecular weight is 449 g/mol. The number of aliphatic hydroxyl groups excluding tert-OH is 1. The third kappa shape index (κ3) is 4.79. The van der Waals surface area contributed by atoms with Gasteiger partial charge in [0, 0.05) is 22.1 Å². The Balaban J connectivity index is 1.59. The molecule has 0 aliphatic carbocycles. The van der Waals surface area contributed by atoms with Gasteiger partial charge in [-0.25, -0.2) is 0 Å². The van der Waals surface area contributed by atoms with Crippen LogP contribution in [0.2, 0.25) is 5.02 Å². The summed E-state index contributed by atoms with van der Waals surface area (Å²) in [5.41, 5.74) is 4.25. The number of ether oxygens (including phenoxy) is 1. The minimum absolute atomic E-state index is 0.177. The average Bonchev–Trinajstić information content (AvgIpc) is 3.22. The van der Waals surface area contributed by atoms with E-state index in [1.54, 1.807) is 12.1 Å². The van der Waals surface area contributed by atoms with Crippen LogP contribution < -0.4 is 10.1 Å². The summed E-state index contributed by atoms with van der Waals surface area (Å²) in [6.07, 6.45) is 2.43. The zero-order valence-corrected chi connectivity index (χ0v) is 18.5. The molecule has 1 atom stereocenters. The molecule has 1 aromatic heterocycles. The second-order valence-electron chi connectivity index (χ2n) is 7.57. The van der Waals surface area contributed by atoms with Crippen molar-refractivity contribution in [2.45, 2.75) is 19.4 Å². The molecule has 0 saturated carbocycles. The number of carbonyl (C=O) groups excluding carboxylic acids is 1. The summed E-state index contributed by atoms with van der Waals surface area (Å²) in [6, 6.07) is 20.5. The number of nitrogens with one attached hydrogen (secondary N) is 2. The van der Waals surface area contributed by atoms with E-state index in [0.29, 0.717) is 29.4 Å². The molecule has 4 aromatic rings. The standard InChI is InChI=1S/C26H25ClN2O3/c1-2-32-25-11-10-18(17-6-5-7-20(27)12-17)14-23(25)26(31)29-21(16-30)13-19-15-28-24-9-4-3-8-22(19)24/h3-12,14-15,21,28,30H,2,13,16H2,1H3,(H,29,31). The van der Waals surface area contributed by atoms with Crippen LogP contribution in [0.4, 0.5) is 0 Å². The number of aromatic nitrogens is 1. The monoisotopic (exact) mass is 448 g/mol. The van der Waals surface area contributed by atoms with Crippen LogP contribution in [-0.4, -0.2) is 35.3 Å². The van der Waals surface area contributed by atoms with Gasteiger partial charge >= 0.3 is 0 Å². The lowest BCUT2D eigenvalue weighted by Gasteiger charge is -2.18. The Hall–Kier alpha value is -3.28. The summed E-state index contributed by atoms with van der Waals surface area (Å²) in [5, 5.41) is 14.6. The fourth-order valence-electron chi connectivity index (χ4n) is 3.83. The van der Waals surface area contributed by atoms with Crippen LogP contribution in [-0.2, 0) is 6.42 Å². The van der Waals surface area contributed by atoms with Gasteiger partial charge in [0.25, 0.3) is 5.91 Å². The van der Waals surface area contributed by atoms with Crippen LogP contribution in [0.5, 0.6) is 5.75 Å². The largest absolute Gasteiger partial charge is 0.493 e. The van der Waals surface area contributed by atoms with Crippen molar-refractivity contribution in [3.8, 4) is 16.9 Å². The molecule has 0 aliphatic heterocycles. The van der Waals surface area contributed by atoms with Crippen molar-refractivity contribution < 1.29 is 14.6 Å². The number of hydrogen-bond acceptors (Lipinski definition) is 3. The summed E-state index contributed by atoms with van der Waals surface area (Å²) in [5.74, 6) is 0.204. The molecule has 3 aromatic carbocycles. The molecule has 1 unspecified atom stereocenters. The fraction of sp³-hybridized carbons (Fsp3) is 0.192. The number of rotatable bonds is 8. The Morgan fingerprint density at radius 2 is 1.91 bits per heavy atom. The third-order valence-electron chi connectivity index (χ3n) is 5.38. The van der Waals surface area contributed by atoms with Crippen molar-refractivity contribution in [3.05, 3.63) is 89.1 Å². The van der Waals surface area contributed by atoms with Gasteiger partial charge in [0.15, 0.2) is 0 Å². The second-order valence-corrected chi connectivity index (χ2v) is 8.01. The molecule has 1 heterocycles. The van der Waals surface area contributed by atoms with Crippen molar-refractivity contribution in [1.29, 1.82) is 0 Å². The Bertz CT molecular complexity index is 1230. The number of benzene rings is 3. The molecule has 5 nitrogen and oxygen atoms in total. The van der Waals surface area contributed by atoms with Crippen LogP contribution >= 0.6 is 11.6 Å². The van der Waals surface area contributed by atoms with E-state index in [1.807, 2.05) is 67.7 Å². The topological polar surface area (TPSA) is 74.3 Å². The van der Waals surface area contributed by atoms with E-state index in [0.717, 1.165) is 27.6 Å². The zero-order valence-electron chi connectivity index (χ0n) is 17.8. The number of amides is 1. The summed E-state index contributed by atoms with van der Waals surface area (Å²) < 4.78 is 5.70. The van der Waals surface area contributed by atoms with Gasteiger partial charge in [-0.05, 0) is 60.4 Å². The molecule has 4 rings (SSSR count). The van der Waals surface area contributed by atoms with Gasteiger partial charge in [-0.2, -0.15) is 0 Å². The molecule has 0 saturated heterocycles. The lowest BCUT2D eigenvalue weighted by Crippen LogP contribution is -2.39. The molecule has 0 bridgehead atoms. The van der Waals surface area contributed by atoms with Gasteiger partial charge in [-0.15, -0.1) is 0 Å². The first-order valence-electron chi connectivity index (χ1n) is 10.6. The quantitative estimate of drug-likeness (QED) is 0.346. The van der Waals surface area contributed by atoms with E-state index < -0.39 is 6.04 Å². The smallest absolute Gasteiger partial charge is 0.255 e. The molecule has 0 spiro atoms. The number of aliphatic hydroxyl groups is 1. The second kappa shape index (κ2) is 9.90. The first-order chi connectivity index (χ1) is 15.6. The van der Waals surface area contributed by atoms with E-state index >= 15 is 0 Å². The number of hydrogen-bond donors (Lipinski definition) is 3. The van der Waals surface area contributed by atoms with Gasteiger partial charge in [-0.1, -0.05) is 48.0 Å². The van der Waals surface area contributed by atoms with E-state index in [-0.39, 0.29) is 12.5 Å². The molecule has 6 heteroatoms. The van der Waals surface area contributed by atoms with Crippen molar-refractivity contribution in [2.24, 2.45) is 0 Å². The summed E-state index contributed by atoms with van der Waals surface area (Å²) >= 11 is 6.14. The van der Waals surface area contributed by atoms with Crippen molar-refractivity contribution in [1.82, 2.24) is 10.3 Å². The molecular formula is C26H25ClN2O3. The maximum atomic E-state index is 13.2. The van der Waals surface area contributed by atoms with E-state index in [4.69, 9.17) is 16.3 Å². The predicted octanol–water partition coefficient (Wildman–Crippen LogP) is 5.22. The molecule has 3 N–H and O–H groups in total. The Morgan fingerprint density at radius 3 is 2.69 bits per heavy atom. The van der Waals surface area contributed by atoms with E-state index in [1.165, 1.54) is 0 Å². The molecule has 32 heavy (non-hydrogen) atoms. The minimum Gasteiger partial charge on any atom is -0.493 e.